The van der Waals surface area contributed by atoms with Crippen LogP contribution in [-0.4, -0.2) is 52.6 Å². The second kappa shape index (κ2) is 12.1. The van der Waals surface area contributed by atoms with Gasteiger partial charge in [-0.3, -0.25) is 0 Å². The minimum atomic E-state index is -0.505. The third-order valence-corrected chi connectivity index (χ3v) is 8.95. The minimum absolute atomic E-state index is 0.0511. The summed E-state index contributed by atoms with van der Waals surface area (Å²) in [6.07, 6.45) is 1.89. The molecule has 3 atom stereocenters. The first kappa shape index (κ1) is 27.9. The van der Waals surface area contributed by atoms with E-state index in [4.69, 9.17) is 14.2 Å². The fraction of sp³-hybridized carbons (Fsp3) is 0.387. The summed E-state index contributed by atoms with van der Waals surface area (Å²) in [4.78, 5) is 14.8. The summed E-state index contributed by atoms with van der Waals surface area (Å²) in [6.45, 7) is 11.6. The Morgan fingerprint density at radius 1 is 1.16 bits per heavy atom. The fourth-order valence-corrected chi connectivity index (χ4v) is 4.68. The number of carbonyl (C=O) groups excluding carboxylic acids is 1. The van der Waals surface area contributed by atoms with Crippen molar-refractivity contribution in [2.45, 2.75) is 57.0 Å². The number of benzene rings is 3. The van der Waals surface area contributed by atoms with Crippen molar-refractivity contribution in [1.29, 1.82) is 0 Å². The Hall–Kier alpha value is -3.16. The Kier molecular flexibility index (Phi) is 8.90. The molecular formula is C31H38FNO4Si. The minimum Gasteiger partial charge on any atom is -0.490 e. The number of halogens is 1. The quantitative estimate of drug-likeness (QED) is 0.249. The van der Waals surface area contributed by atoms with Gasteiger partial charge in [-0.2, -0.15) is 0 Å². The van der Waals surface area contributed by atoms with Gasteiger partial charge in [0.15, 0.2) is 0 Å². The number of ether oxygens (including phenoxy) is 3. The molecule has 202 valence electrons. The van der Waals surface area contributed by atoms with Gasteiger partial charge < -0.3 is 19.1 Å². The first-order valence-electron chi connectivity index (χ1n) is 13.3. The number of piperidine rings is 1. The number of hydrogen-bond donors (Lipinski definition) is 0. The van der Waals surface area contributed by atoms with E-state index in [0.717, 1.165) is 37.9 Å². The van der Waals surface area contributed by atoms with Gasteiger partial charge in [0.25, 0.3) is 0 Å². The van der Waals surface area contributed by atoms with E-state index in [9.17, 15) is 9.18 Å². The van der Waals surface area contributed by atoms with E-state index < -0.39 is 5.60 Å². The maximum atomic E-state index is 13.6. The molecule has 1 saturated heterocycles. The predicted octanol–water partition coefficient (Wildman–Crippen LogP) is 6.01. The average Bonchev–Trinajstić information content (AvgIpc) is 2.90. The zero-order valence-electron chi connectivity index (χ0n) is 22.8. The molecule has 1 aliphatic rings. The fourth-order valence-electron chi connectivity index (χ4n) is 4.56. The molecule has 0 spiro atoms. The highest BCUT2D eigenvalue weighted by molar-refractivity contribution is 6.12. The van der Waals surface area contributed by atoms with Crippen molar-refractivity contribution in [2.75, 3.05) is 19.7 Å². The molecule has 7 heteroatoms. The molecule has 0 aliphatic carbocycles. The van der Waals surface area contributed by atoms with Gasteiger partial charge in [-0.15, -0.1) is 0 Å². The predicted molar refractivity (Wildman–Crippen MR) is 153 cm³/mol. The van der Waals surface area contributed by atoms with Crippen LogP contribution in [0.2, 0.25) is 5.54 Å². The second-order valence-corrected chi connectivity index (χ2v) is 12.5. The molecule has 0 radical (unpaired) electrons. The molecule has 1 fully saturated rings. The van der Waals surface area contributed by atoms with Gasteiger partial charge in [0.2, 0.25) is 0 Å². The van der Waals surface area contributed by atoms with Crippen LogP contribution in [-0.2, 0) is 16.1 Å². The summed E-state index contributed by atoms with van der Waals surface area (Å²) in [6, 6.07) is 18.8. The van der Waals surface area contributed by atoms with E-state index in [1.54, 1.807) is 11.0 Å². The van der Waals surface area contributed by atoms with Crippen LogP contribution < -0.4 is 4.74 Å². The number of hydrogen-bond acceptors (Lipinski definition) is 4. The van der Waals surface area contributed by atoms with Gasteiger partial charge in [0, 0.05) is 22.7 Å². The molecule has 3 unspecified atom stereocenters. The normalized spacial score (nSPS) is 18.8. The second-order valence-electron chi connectivity index (χ2n) is 10.8. The van der Waals surface area contributed by atoms with Crippen molar-refractivity contribution in [3.8, 4) is 5.75 Å². The molecule has 0 saturated carbocycles. The van der Waals surface area contributed by atoms with Crippen LogP contribution in [0.4, 0.5) is 9.18 Å². The molecule has 5 nitrogen and oxygen atoms in total. The molecule has 3 aromatic carbocycles. The lowest BCUT2D eigenvalue weighted by Crippen LogP contribution is -2.49. The monoisotopic (exact) mass is 535 g/mol. The maximum absolute atomic E-state index is 13.6. The lowest BCUT2D eigenvalue weighted by Gasteiger charge is -2.40. The Labute approximate surface area is 228 Å². The van der Waals surface area contributed by atoms with Crippen molar-refractivity contribution in [1.82, 2.24) is 4.90 Å². The molecule has 0 bridgehead atoms. The summed E-state index contributed by atoms with van der Waals surface area (Å²) in [5.74, 6) is 0.594. The van der Waals surface area contributed by atoms with Crippen molar-refractivity contribution in [3.05, 3.63) is 90.3 Å². The Morgan fingerprint density at radius 2 is 1.87 bits per heavy atom. The van der Waals surface area contributed by atoms with Crippen molar-refractivity contribution < 1.29 is 23.4 Å². The molecule has 3 aromatic rings. The number of fused-ring (bicyclic) bond motifs is 1. The SMILES string of the molecule is C=CCOc1ccc2cc(COC3CN(C(=O)OC(C)(C)C(C)[SiH3])CCC3c3ccc(F)cc3)ccc2c1. The highest BCUT2D eigenvalue weighted by Crippen LogP contribution is 2.33. The van der Waals surface area contributed by atoms with Crippen LogP contribution in [0.25, 0.3) is 10.8 Å². The molecule has 1 amide bonds. The van der Waals surface area contributed by atoms with Crippen LogP contribution in [0.1, 0.15) is 44.2 Å². The van der Waals surface area contributed by atoms with Crippen molar-refractivity contribution in [3.63, 3.8) is 0 Å². The number of rotatable bonds is 9. The van der Waals surface area contributed by atoms with Gasteiger partial charge in [-0.1, -0.05) is 49.9 Å². The molecule has 1 heterocycles. The van der Waals surface area contributed by atoms with E-state index in [1.165, 1.54) is 12.1 Å². The number of amides is 1. The Bertz CT molecular complexity index is 1260. The Morgan fingerprint density at radius 3 is 2.58 bits per heavy atom. The van der Waals surface area contributed by atoms with E-state index in [-0.39, 0.29) is 23.9 Å². The molecule has 38 heavy (non-hydrogen) atoms. The van der Waals surface area contributed by atoms with Gasteiger partial charge >= 0.3 is 6.09 Å². The van der Waals surface area contributed by atoms with Crippen LogP contribution in [0.5, 0.6) is 5.75 Å². The smallest absolute Gasteiger partial charge is 0.410 e. The van der Waals surface area contributed by atoms with Crippen LogP contribution in [0.3, 0.4) is 0 Å². The van der Waals surface area contributed by atoms with E-state index in [1.807, 2.05) is 44.2 Å². The molecule has 1 aliphatic heterocycles. The summed E-state index contributed by atoms with van der Waals surface area (Å²) in [5, 5.41) is 2.18. The lowest BCUT2D eigenvalue weighted by molar-refractivity contribution is -0.0393. The summed E-state index contributed by atoms with van der Waals surface area (Å²) >= 11 is 0. The zero-order valence-corrected chi connectivity index (χ0v) is 24.8. The molecule has 0 N–H and O–H groups in total. The summed E-state index contributed by atoms with van der Waals surface area (Å²) in [7, 11) is 0.939. The molecule has 0 aromatic heterocycles. The van der Waals surface area contributed by atoms with Gasteiger partial charge in [0.05, 0.1) is 19.3 Å². The Balaban J connectivity index is 1.50. The number of likely N-dealkylation sites (tertiary alicyclic amines) is 1. The number of carbonyl (C=O) groups is 1. The van der Waals surface area contributed by atoms with E-state index in [2.05, 4.69) is 31.7 Å². The van der Waals surface area contributed by atoms with E-state index in [0.29, 0.717) is 38.3 Å². The van der Waals surface area contributed by atoms with Gasteiger partial charge in [0.1, 0.15) is 23.8 Å². The molecular weight excluding hydrogens is 497 g/mol. The largest absolute Gasteiger partial charge is 0.490 e. The zero-order chi connectivity index (χ0) is 27.3. The van der Waals surface area contributed by atoms with Crippen molar-refractivity contribution >= 4 is 27.1 Å². The van der Waals surface area contributed by atoms with Crippen LogP contribution in [0, 0.1) is 5.82 Å². The van der Waals surface area contributed by atoms with E-state index >= 15 is 0 Å². The van der Waals surface area contributed by atoms with Crippen molar-refractivity contribution in [2.24, 2.45) is 0 Å². The molecule has 4 rings (SSSR count). The van der Waals surface area contributed by atoms with Gasteiger partial charge in [-0.05, 0) is 78.0 Å². The van der Waals surface area contributed by atoms with Gasteiger partial charge in [-0.25, -0.2) is 9.18 Å². The lowest BCUT2D eigenvalue weighted by atomic mass is 9.87. The summed E-state index contributed by atoms with van der Waals surface area (Å²) in [5.41, 5.74) is 1.88. The first-order chi connectivity index (χ1) is 18.2. The summed E-state index contributed by atoms with van der Waals surface area (Å²) < 4.78 is 31.6. The topological polar surface area (TPSA) is 48.0 Å². The standard InChI is InChI=1S/C31H38FNO4Si/c1-5-16-35-27-13-10-24-17-22(6-7-25(24)18-27)20-36-29-19-33(30(34)37-31(3,4)21(2)38)15-14-28(29)23-8-11-26(32)12-9-23/h5-13,17-18,21,28-29H,1,14-16,19-20H2,2-4,38H3. The van der Waals surface area contributed by atoms with Crippen LogP contribution >= 0.6 is 0 Å². The maximum Gasteiger partial charge on any atom is 0.410 e. The third kappa shape index (κ3) is 6.82. The average molecular weight is 536 g/mol. The number of nitrogens with zero attached hydrogens (tertiary/aromatic N) is 1. The highest BCUT2D eigenvalue weighted by Gasteiger charge is 2.36. The highest BCUT2D eigenvalue weighted by atomic mass is 28.1. The third-order valence-electron chi connectivity index (χ3n) is 7.56. The van der Waals surface area contributed by atoms with Crippen LogP contribution in [0.15, 0.2) is 73.3 Å². The first-order valence-corrected chi connectivity index (χ1v) is 14.4.